The molecule has 2 heteroatoms. The maximum Gasteiger partial charge on any atom is 0.164 e. The van der Waals surface area contributed by atoms with Crippen LogP contribution in [-0.4, -0.2) is 18.0 Å². The molecule has 0 aliphatic heterocycles. The molecule has 0 amide bonds. The number of ketones is 1. The summed E-state index contributed by atoms with van der Waals surface area (Å²) in [7, 11) is 0. The Morgan fingerprint density at radius 2 is 1.80 bits per heavy atom. The van der Waals surface area contributed by atoms with Crippen LogP contribution in [0.15, 0.2) is 0 Å². The third-order valence-corrected chi connectivity index (χ3v) is 2.91. The van der Waals surface area contributed by atoms with Crippen LogP contribution in [0.25, 0.3) is 0 Å². The molecule has 90 valence electrons. The highest BCUT2D eigenvalue weighted by atomic mass is 16.5. The highest BCUT2D eigenvalue weighted by Crippen LogP contribution is 2.26. The summed E-state index contributed by atoms with van der Waals surface area (Å²) in [6.45, 7) is 8.85. The number of unbranched alkanes of at least 4 members (excludes halogenated alkanes) is 1. The molecule has 0 saturated heterocycles. The molecule has 0 aliphatic rings. The Hall–Kier alpha value is -0.370. The number of Topliss-reactive ketones (excluding diaryl/α,β-unsaturated/α-hetero) is 1. The predicted molar refractivity (Wildman–Crippen MR) is 64.1 cm³/mol. The van der Waals surface area contributed by atoms with Crippen molar-refractivity contribution in [3.63, 3.8) is 0 Å². The lowest BCUT2D eigenvalue weighted by Crippen LogP contribution is -2.41. The van der Waals surface area contributed by atoms with Crippen LogP contribution in [0.2, 0.25) is 0 Å². The molecule has 0 spiro atoms. The van der Waals surface area contributed by atoms with Gasteiger partial charge in [-0.2, -0.15) is 0 Å². The zero-order valence-corrected chi connectivity index (χ0v) is 10.8. The topological polar surface area (TPSA) is 26.3 Å². The van der Waals surface area contributed by atoms with Gasteiger partial charge in [-0.1, -0.05) is 33.6 Å². The number of hydrogen-bond acceptors (Lipinski definition) is 2. The van der Waals surface area contributed by atoms with E-state index in [4.69, 9.17) is 4.74 Å². The molecule has 0 rings (SSSR count). The summed E-state index contributed by atoms with van der Waals surface area (Å²) >= 11 is 0. The Balaban J connectivity index is 4.54. The summed E-state index contributed by atoms with van der Waals surface area (Å²) in [5.41, 5.74) is -0.485. The molecule has 1 unspecified atom stereocenters. The summed E-state index contributed by atoms with van der Waals surface area (Å²) in [5, 5.41) is 0. The maximum absolute atomic E-state index is 12.1. The smallest absolute Gasteiger partial charge is 0.164 e. The SMILES string of the molecule is CCCCC(CC)(OCC)C(=O)CCC. The number of carbonyl (C=O) groups excluding carboxylic acids is 1. The number of ether oxygens (including phenoxy) is 1. The Kier molecular flexibility index (Phi) is 7.67. The summed E-state index contributed by atoms with van der Waals surface area (Å²) in [6, 6.07) is 0. The van der Waals surface area contributed by atoms with E-state index in [1.54, 1.807) is 0 Å². The third kappa shape index (κ3) is 4.33. The third-order valence-electron chi connectivity index (χ3n) is 2.91. The first-order chi connectivity index (χ1) is 7.16. The second kappa shape index (κ2) is 7.86. The Morgan fingerprint density at radius 1 is 1.13 bits per heavy atom. The molecular formula is C13H26O2. The van der Waals surface area contributed by atoms with Crippen LogP contribution >= 0.6 is 0 Å². The second-order valence-corrected chi connectivity index (χ2v) is 4.06. The van der Waals surface area contributed by atoms with Crippen LogP contribution in [0.4, 0.5) is 0 Å². The maximum atomic E-state index is 12.1. The first kappa shape index (κ1) is 14.6. The average Bonchev–Trinajstić information content (AvgIpc) is 2.24. The minimum absolute atomic E-state index is 0.294. The molecule has 1 atom stereocenters. The quantitative estimate of drug-likeness (QED) is 0.584. The summed E-state index contributed by atoms with van der Waals surface area (Å²) in [5.74, 6) is 0.294. The van der Waals surface area contributed by atoms with Crippen molar-refractivity contribution >= 4 is 5.78 Å². The monoisotopic (exact) mass is 214 g/mol. The van der Waals surface area contributed by atoms with E-state index in [1.807, 2.05) is 13.8 Å². The first-order valence-corrected chi connectivity index (χ1v) is 6.34. The van der Waals surface area contributed by atoms with Gasteiger partial charge >= 0.3 is 0 Å². The lowest BCUT2D eigenvalue weighted by atomic mass is 9.87. The van der Waals surface area contributed by atoms with E-state index >= 15 is 0 Å². The number of rotatable bonds is 9. The fraction of sp³-hybridized carbons (Fsp3) is 0.923. The minimum atomic E-state index is -0.485. The van der Waals surface area contributed by atoms with Crippen molar-refractivity contribution in [1.29, 1.82) is 0 Å². The first-order valence-electron chi connectivity index (χ1n) is 6.34. The van der Waals surface area contributed by atoms with Gasteiger partial charge in [0.25, 0.3) is 0 Å². The standard InChI is InChI=1S/C13H26O2/c1-5-9-11-13(7-3,15-8-4)12(14)10-6-2/h5-11H2,1-4H3. The number of carbonyl (C=O) groups is 1. The molecule has 0 aromatic heterocycles. The molecular weight excluding hydrogens is 188 g/mol. The second-order valence-electron chi connectivity index (χ2n) is 4.06. The van der Waals surface area contributed by atoms with Crippen molar-refractivity contribution in [3.8, 4) is 0 Å². The summed E-state index contributed by atoms with van der Waals surface area (Å²) < 4.78 is 5.75. The molecule has 0 heterocycles. The molecule has 0 bridgehead atoms. The van der Waals surface area contributed by atoms with Gasteiger partial charge in [-0.05, 0) is 26.2 Å². The van der Waals surface area contributed by atoms with Crippen molar-refractivity contribution in [1.82, 2.24) is 0 Å². The Morgan fingerprint density at radius 3 is 2.20 bits per heavy atom. The van der Waals surface area contributed by atoms with Gasteiger partial charge < -0.3 is 4.74 Å². The van der Waals surface area contributed by atoms with E-state index in [2.05, 4.69) is 13.8 Å². The lowest BCUT2D eigenvalue weighted by molar-refractivity contribution is -0.146. The fourth-order valence-electron chi connectivity index (χ4n) is 1.96. The average molecular weight is 214 g/mol. The van der Waals surface area contributed by atoms with E-state index < -0.39 is 5.60 Å². The normalized spacial score (nSPS) is 14.9. The highest BCUT2D eigenvalue weighted by molar-refractivity contribution is 5.87. The van der Waals surface area contributed by atoms with Gasteiger partial charge in [0.1, 0.15) is 5.60 Å². The molecule has 15 heavy (non-hydrogen) atoms. The largest absolute Gasteiger partial charge is 0.368 e. The highest BCUT2D eigenvalue weighted by Gasteiger charge is 2.35. The van der Waals surface area contributed by atoms with Gasteiger partial charge in [-0.15, -0.1) is 0 Å². The van der Waals surface area contributed by atoms with E-state index in [1.165, 1.54) is 0 Å². The van der Waals surface area contributed by atoms with E-state index in [0.717, 1.165) is 32.1 Å². The van der Waals surface area contributed by atoms with Crippen molar-refractivity contribution in [2.24, 2.45) is 0 Å². The van der Waals surface area contributed by atoms with Gasteiger partial charge in [-0.25, -0.2) is 0 Å². The van der Waals surface area contributed by atoms with Crippen molar-refractivity contribution in [2.75, 3.05) is 6.61 Å². The van der Waals surface area contributed by atoms with Crippen LogP contribution in [0.3, 0.4) is 0 Å². The Labute approximate surface area is 94.4 Å². The molecule has 0 aliphatic carbocycles. The van der Waals surface area contributed by atoms with Gasteiger partial charge in [0.05, 0.1) is 0 Å². The molecule has 0 radical (unpaired) electrons. The van der Waals surface area contributed by atoms with Gasteiger partial charge in [0.15, 0.2) is 5.78 Å². The molecule has 0 N–H and O–H groups in total. The number of hydrogen-bond donors (Lipinski definition) is 0. The fourth-order valence-corrected chi connectivity index (χ4v) is 1.96. The molecule has 2 nitrogen and oxygen atoms in total. The van der Waals surface area contributed by atoms with Crippen molar-refractivity contribution < 1.29 is 9.53 Å². The van der Waals surface area contributed by atoms with Gasteiger partial charge in [0.2, 0.25) is 0 Å². The summed E-state index contributed by atoms with van der Waals surface area (Å²) in [4.78, 5) is 12.1. The van der Waals surface area contributed by atoms with E-state index in [9.17, 15) is 4.79 Å². The van der Waals surface area contributed by atoms with Crippen LogP contribution in [-0.2, 0) is 9.53 Å². The molecule has 0 aromatic carbocycles. The van der Waals surface area contributed by atoms with Crippen LogP contribution < -0.4 is 0 Å². The van der Waals surface area contributed by atoms with Crippen molar-refractivity contribution in [2.45, 2.75) is 71.8 Å². The van der Waals surface area contributed by atoms with Crippen LogP contribution in [0, 0.1) is 0 Å². The minimum Gasteiger partial charge on any atom is -0.368 e. The molecule has 0 fully saturated rings. The van der Waals surface area contributed by atoms with Crippen molar-refractivity contribution in [3.05, 3.63) is 0 Å². The zero-order chi connectivity index (χ0) is 11.7. The molecule has 0 aromatic rings. The molecule has 0 saturated carbocycles. The summed E-state index contributed by atoms with van der Waals surface area (Å²) in [6.07, 6.45) is 5.45. The predicted octanol–water partition coefficient (Wildman–Crippen LogP) is 3.73. The van der Waals surface area contributed by atoms with Crippen LogP contribution in [0.5, 0.6) is 0 Å². The zero-order valence-electron chi connectivity index (χ0n) is 10.8. The Bertz CT molecular complexity index is 177. The van der Waals surface area contributed by atoms with E-state index in [-0.39, 0.29) is 0 Å². The lowest BCUT2D eigenvalue weighted by Gasteiger charge is -2.31. The van der Waals surface area contributed by atoms with Gasteiger partial charge in [0, 0.05) is 13.0 Å². The van der Waals surface area contributed by atoms with Crippen LogP contribution in [0.1, 0.15) is 66.2 Å². The van der Waals surface area contributed by atoms with Gasteiger partial charge in [-0.3, -0.25) is 4.79 Å². The van der Waals surface area contributed by atoms with E-state index in [0.29, 0.717) is 18.8 Å².